The zero-order valence-corrected chi connectivity index (χ0v) is 3.87. The van der Waals surface area contributed by atoms with Crippen LogP contribution in [0.1, 0.15) is 0 Å². The molecule has 1 fully saturated rings. The number of rotatable bonds is 1. The van der Waals surface area contributed by atoms with E-state index in [-0.39, 0.29) is 12.5 Å². The molecular formula is C4H8O3. The first-order valence-corrected chi connectivity index (χ1v) is 2.25. The minimum atomic E-state index is -0.704. The molecular weight excluding hydrogens is 96.0 g/mol. The summed E-state index contributed by atoms with van der Waals surface area (Å²) >= 11 is 0. The molecule has 3 heteroatoms. The number of aliphatic hydroxyl groups excluding tert-OH is 2. The molecule has 1 heterocycles. The van der Waals surface area contributed by atoms with E-state index in [1.54, 1.807) is 0 Å². The van der Waals surface area contributed by atoms with Crippen LogP contribution in [-0.4, -0.2) is 29.7 Å². The molecule has 0 bridgehead atoms. The lowest BCUT2D eigenvalue weighted by Gasteiger charge is -2.30. The molecule has 0 aliphatic carbocycles. The molecule has 0 spiro atoms. The second-order valence-corrected chi connectivity index (χ2v) is 1.67. The lowest BCUT2D eigenvalue weighted by atomic mass is 10.1. The van der Waals surface area contributed by atoms with Crippen LogP contribution in [0.15, 0.2) is 0 Å². The Morgan fingerprint density at radius 3 is 2.43 bits per heavy atom. The van der Waals surface area contributed by atoms with Gasteiger partial charge in [0.1, 0.15) is 0 Å². The molecule has 2 unspecified atom stereocenters. The van der Waals surface area contributed by atoms with Gasteiger partial charge in [-0.25, -0.2) is 0 Å². The summed E-state index contributed by atoms with van der Waals surface area (Å²) in [5.41, 5.74) is 0. The van der Waals surface area contributed by atoms with Gasteiger partial charge in [0, 0.05) is 0 Å². The highest BCUT2D eigenvalue weighted by Gasteiger charge is 2.28. The van der Waals surface area contributed by atoms with Crippen molar-refractivity contribution in [3.05, 3.63) is 0 Å². The summed E-state index contributed by atoms with van der Waals surface area (Å²) in [6, 6.07) is 0. The highest BCUT2D eigenvalue weighted by atomic mass is 16.6. The van der Waals surface area contributed by atoms with Gasteiger partial charge >= 0.3 is 0 Å². The molecule has 2 N–H and O–H groups in total. The molecule has 1 rings (SSSR count). The first-order chi connectivity index (χ1) is 3.34. The topological polar surface area (TPSA) is 49.7 Å². The second-order valence-electron chi connectivity index (χ2n) is 1.67. The fourth-order valence-corrected chi connectivity index (χ4v) is 0.461. The van der Waals surface area contributed by atoms with Crippen LogP contribution in [0, 0.1) is 5.92 Å². The maximum Gasteiger partial charge on any atom is 0.161 e. The van der Waals surface area contributed by atoms with Crippen molar-refractivity contribution < 1.29 is 14.9 Å². The van der Waals surface area contributed by atoms with E-state index in [4.69, 9.17) is 10.2 Å². The zero-order valence-electron chi connectivity index (χ0n) is 3.87. The van der Waals surface area contributed by atoms with Gasteiger partial charge in [0.25, 0.3) is 0 Å². The molecule has 0 aromatic heterocycles. The van der Waals surface area contributed by atoms with Crippen molar-refractivity contribution in [3.8, 4) is 0 Å². The van der Waals surface area contributed by atoms with E-state index < -0.39 is 6.29 Å². The highest BCUT2D eigenvalue weighted by Crippen LogP contribution is 2.15. The summed E-state index contributed by atoms with van der Waals surface area (Å²) in [5, 5.41) is 16.8. The molecule has 0 aromatic carbocycles. The third kappa shape index (κ3) is 0.748. The van der Waals surface area contributed by atoms with Crippen LogP contribution in [0.2, 0.25) is 0 Å². The number of aliphatic hydroxyl groups is 2. The Morgan fingerprint density at radius 1 is 1.71 bits per heavy atom. The summed E-state index contributed by atoms with van der Waals surface area (Å²) in [6.07, 6.45) is -0.704. The van der Waals surface area contributed by atoms with Crippen molar-refractivity contribution in [1.82, 2.24) is 0 Å². The molecule has 2 atom stereocenters. The first-order valence-electron chi connectivity index (χ1n) is 2.25. The smallest absolute Gasteiger partial charge is 0.161 e. The Balaban J connectivity index is 2.16. The lowest BCUT2D eigenvalue weighted by Crippen LogP contribution is -2.41. The van der Waals surface area contributed by atoms with Crippen molar-refractivity contribution in [3.63, 3.8) is 0 Å². The Morgan fingerprint density at radius 2 is 2.43 bits per heavy atom. The summed E-state index contributed by atoms with van der Waals surface area (Å²) in [6.45, 7) is 0.527. The summed E-state index contributed by atoms with van der Waals surface area (Å²) < 4.78 is 4.53. The van der Waals surface area contributed by atoms with Gasteiger partial charge in [-0.15, -0.1) is 0 Å². The van der Waals surface area contributed by atoms with E-state index in [1.165, 1.54) is 0 Å². The molecule has 7 heavy (non-hydrogen) atoms. The van der Waals surface area contributed by atoms with Crippen LogP contribution >= 0.6 is 0 Å². The largest absolute Gasteiger partial charge is 0.396 e. The molecule has 0 saturated carbocycles. The minimum Gasteiger partial charge on any atom is -0.396 e. The van der Waals surface area contributed by atoms with Crippen molar-refractivity contribution >= 4 is 0 Å². The summed E-state index contributed by atoms with van der Waals surface area (Å²) in [5.74, 6) is -0.0278. The van der Waals surface area contributed by atoms with Gasteiger partial charge in [0.2, 0.25) is 0 Å². The van der Waals surface area contributed by atoms with Gasteiger partial charge in [-0.3, -0.25) is 0 Å². The standard InChI is InChI=1S/C4H8O3/c5-1-3-2-7-4(3)6/h3-6H,1-2H2. The summed E-state index contributed by atoms with van der Waals surface area (Å²) in [4.78, 5) is 0. The Labute approximate surface area is 41.5 Å². The van der Waals surface area contributed by atoms with E-state index in [1.807, 2.05) is 0 Å². The monoisotopic (exact) mass is 104 g/mol. The van der Waals surface area contributed by atoms with E-state index >= 15 is 0 Å². The Kier molecular flexibility index (Phi) is 1.27. The van der Waals surface area contributed by atoms with Gasteiger partial charge in [-0.2, -0.15) is 0 Å². The minimum absolute atomic E-state index is 0.0278. The van der Waals surface area contributed by atoms with E-state index in [9.17, 15) is 0 Å². The molecule has 0 aromatic rings. The maximum absolute atomic E-state index is 8.53. The van der Waals surface area contributed by atoms with Crippen LogP contribution in [-0.2, 0) is 4.74 Å². The lowest BCUT2D eigenvalue weighted by molar-refractivity contribution is -0.240. The molecule has 0 amide bonds. The maximum atomic E-state index is 8.53. The molecule has 1 saturated heterocycles. The van der Waals surface area contributed by atoms with Gasteiger partial charge in [0.15, 0.2) is 6.29 Å². The van der Waals surface area contributed by atoms with Crippen molar-refractivity contribution in [2.24, 2.45) is 5.92 Å². The van der Waals surface area contributed by atoms with Gasteiger partial charge in [-0.05, 0) is 0 Å². The zero-order chi connectivity index (χ0) is 5.28. The average molecular weight is 104 g/mol. The van der Waals surface area contributed by atoms with Crippen molar-refractivity contribution in [2.75, 3.05) is 13.2 Å². The number of ether oxygens (including phenoxy) is 1. The normalized spacial score (nSPS) is 40.3. The van der Waals surface area contributed by atoms with Gasteiger partial charge < -0.3 is 14.9 Å². The Hall–Kier alpha value is -0.120. The second kappa shape index (κ2) is 1.78. The third-order valence-electron chi connectivity index (χ3n) is 1.12. The number of hydrogen-bond donors (Lipinski definition) is 2. The van der Waals surface area contributed by atoms with Crippen molar-refractivity contribution in [2.45, 2.75) is 6.29 Å². The average Bonchev–Trinajstić information content (AvgIpc) is 1.65. The fraction of sp³-hybridized carbons (Fsp3) is 1.00. The SMILES string of the molecule is OCC1COC1O. The highest BCUT2D eigenvalue weighted by molar-refractivity contribution is 4.67. The predicted molar refractivity (Wildman–Crippen MR) is 22.5 cm³/mol. The quantitative estimate of drug-likeness (QED) is 0.446. The van der Waals surface area contributed by atoms with Crippen molar-refractivity contribution in [1.29, 1.82) is 0 Å². The Bertz CT molecular complexity index is 62.0. The number of hydrogen-bond acceptors (Lipinski definition) is 3. The molecule has 3 nitrogen and oxygen atoms in total. The predicted octanol–water partition coefficient (Wildman–Crippen LogP) is -1.06. The fourth-order valence-electron chi connectivity index (χ4n) is 0.461. The van der Waals surface area contributed by atoms with Crippen LogP contribution in [0.4, 0.5) is 0 Å². The third-order valence-corrected chi connectivity index (χ3v) is 1.12. The van der Waals surface area contributed by atoms with E-state index in [0.29, 0.717) is 6.61 Å². The van der Waals surface area contributed by atoms with E-state index in [0.717, 1.165) is 0 Å². The molecule has 0 radical (unpaired) electrons. The van der Waals surface area contributed by atoms with E-state index in [2.05, 4.69) is 4.74 Å². The first kappa shape index (κ1) is 5.03. The molecule has 1 aliphatic rings. The van der Waals surface area contributed by atoms with Crippen LogP contribution in [0.5, 0.6) is 0 Å². The van der Waals surface area contributed by atoms with Crippen LogP contribution < -0.4 is 0 Å². The van der Waals surface area contributed by atoms with Gasteiger partial charge in [-0.1, -0.05) is 0 Å². The molecule has 1 aliphatic heterocycles. The summed E-state index contributed by atoms with van der Waals surface area (Å²) in [7, 11) is 0. The molecule has 42 valence electrons. The van der Waals surface area contributed by atoms with Crippen LogP contribution in [0.3, 0.4) is 0 Å². The van der Waals surface area contributed by atoms with Crippen LogP contribution in [0.25, 0.3) is 0 Å². The van der Waals surface area contributed by atoms with Gasteiger partial charge in [0.05, 0.1) is 19.1 Å².